The molecule has 1 aromatic heterocycles. The molecule has 1 heterocycles. The van der Waals surface area contributed by atoms with Gasteiger partial charge in [-0.3, -0.25) is 0 Å². The molecule has 4 rings (SSSR count). The van der Waals surface area contributed by atoms with Crippen LogP contribution in [0, 0.1) is 5.82 Å². The van der Waals surface area contributed by atoms with Crippen LogP contribution in [0.4, 0.5) is 10.1 Å². The zero-order valence-corrected chi connectivity index (χ0v) is 13.8. The standard InChI is InChI=1S/C21H17FN2O2/c22-14-4-3-5-15(11-14)24-21(13-8-9-19(25)20(26)10-13)17-12-23-18-7-2-1-6-16(17)18/h1-12,21,23-26H. The van der Waals surface area contributed by atoms with Gasteiger partial charge in [0.25, 0.3) is 0 Å². The molecule has 0 aliphatic rings. The molecule has 0 aliphatic carbocycles. The van der Waals surface area contributed by atoms with Gasteiger partial charge in [-0.25, -0.2) is 4.39 Å². The van der Waals surface area contributed by atoms with E-state index in [-0.39, 0.29) is 23.4 Å². The molecule has 4 aromatic rings. The average molecular weight is 348 g/mol. The zero-order valence-electron chi connectivity index (χ0n) is 13.8. The molecule has 0 saturated carbocycles. The van der Waals surface area contributed by atoms with E-state index >= 15 is 0 Å². The summed E-state index contributed by atoms with van der Waals surface area (Å²) in [6.07, 6.45) is 1.89. The minimum atomic E-state index is -0.348. The summed E-state index contributed by atoms with van der Waals surface area (Å²) in [6.45, 7) is 0. The molecule has 0 amide bonds. The Kier molecular flexibility index (Phi) is 3.97. The third-order valence-corrected chi connectivity index (χ3v) is 4.40. The maximum absolute atomic E-state index is 13.6. The van der Waals surface area contributed by atoms with Crippen LogP contribution in [0.15, 0.2) is 72.9 Å². The molecule has 130 valence electrons. The lowest BCUT2D eigenvalue weighted by atomic mass is 9.97. The van der Waals surface area contributed by atoms with Gasteiger partial charge in [0.2, 0.25) is 0 Å². The summed E-state index contributed by atoms with van der Waals surface area (Å²) < 4.78 is 13.6. The van der Waals surface area contributed by atoms with Crippen molar-refractivity contribution in [2.45, 2.75) is 6.04 Å². The van der Waals surface area contributed by atoms with E-state index in [0.29, 0.717) is 5.69 Å². The summed E-state index contributed by atoms with van der Waals surface area (Å²) in [7, 11) is 0. The molecule has 0 bridgehead atoms. The highest BCUT2D eigenvalue weighted by Crippen LogP contribution is 2.35. The van der Waals surface area contributed by atoms with Crippen molar-refractivity contribution in [3.8, 4) is 11.5 Å². The summed E-state index contributed by atoms with van der Waals surface area (Å²) >= 11 is 0. The summed E-state index contributed by atoms with van der Waals surface area (Å²) in [5.74, 6) is -0.716. The van der Waals surface area contributed by atoms with Gasteiger partial charge < -0.3 is 20.5 Å². The molecule has 4 N–H and O–H groups in total. The molecule has 1 unspecified atom stereocenters. The number of H-pyrrole nitrogens is 1. The molecule has 3 aromatic carbocycles. The van der Waals surface area contributed by atoms with E-state index < -0.39 is 0 Å². The number of aromatic hydroxyl groups is 2. The van der Waals surface area contributed by atoms with E-state index in [0.717, 1.165) is 22.0 Å². The fraction of sp³-hybridized carbons (Fsp3) is 0.0476. The summed E-state index contributed by atoms with van der Waals surface area (Å²) in [6, 6.07) is 18.4. The number of phenolic OH excluding ortho intramolecular Hbond substituents is 2. The van der Waals surface area contributed by atoms with Gasteiger partial charge in [0.1, 0.15) is 5.82 Å². The molecule has 4 nitrogen and oxygen atoms in total. The van der Waals surface area contributed by atoms with Crippen LogP contribution < -0.4 is 5.32 Å². The Balaban J connectivity index is 1.84. The Morgan fingerprint density at radius 2 is 1.73 bits per heavy atom. The molecule has 0 radical (unpaired) electrons. The number of anilines is 1. The van der Waals surface area contributed by atoms with Crippen molar-refractivity contribution in [2.75, 3.05) is 5.32 Å². The van der Waals surface area contributed by atoms with Crippen LogP contribution in [-0.2, 0) is 0 Å². The molecule has 0 fully saturated rings. The zero-order chi connectivity index (χ0) is 18.1. The second kappa shape index (κ2) is 6.44. The number of hydrogen-bond acceptors (Lipinski definition) is 3. The first kappa shape index (κ1) is 16.0. The smallest absolute Gasteiger partial charge is 0.157 e. The first-order chi connectivity index (χ1) is 12.6. The van der Waals surface area contributed by atoms with Crippen LogP contribution >= 0.6 is 0 Å². The predicted molar refractivity (Wildman–Crippen MR) is 99.9 cm³/mol. The van der Waals surface area contributed by atoms with Gasteiger partial charge >= 0.3 is 0 Å². The van der Waals surface area contributed by atoms with E-state index in [4.69, 9.17) is 0 Å². The number of phenols is 2. The number of aromatic nitrogens is 1. The summed E-state index contributed by atoms with van der Waals surface area (Å²) in [5, 5.41) is 23.9. The molecular weight excluding hydrogens is 331 g/mol. The topological polar surface area (TPSA) is 68.3 Å². The number of para-hydroxylation sites is 1. The fourth-order valence-corrected chi connectivity index (χ4v) is 3.14. The van der Waals surface area contributed by atoms with Gasteiger partial charge in [-0.15, -0.1) is 0 Å². The number of nitrogens with one attached hydrogen (secondary N) is 2. The number of hydrogen-bond donors (Lipinski definition) is 4. The van der Waals surface area contributed by atoms with Crippen LogP contribution in [-0.4, -0.2) is 15.2 Å². The Morgan fingerprint density at radius 3 is 2.54 bits per heavy atom. The quantitative estimate of drug-likeness (QED) is 0.396. The molecule has 0 spiro atoms. The van der Waals surface area contributed by atoms with E-state index in [2.05, 4.69) is 10.3 Å². The highest BCUT2D eigenvalue weighted by atomic mass is 19.1. The van der Waals surface area contributed by atoms with Crippen molar-refractivity contribution < 1.29 is 14.6 Å². The van der Waals surface area contributed by atoms with Crippen molar-refractivity contribution >= 4 is 16.6 Å². The Morgan fingerprint density at radius 1 is 0.885 bits per heavy atom. The van der Waals surface area contributed by atoms with Crippen LogP contribution in [0.1, 0.15) is 17.2 Å². The SMILES string of the molecule is Oc1ccc(C(Nc2cccc(F)c2)c2c[nH]c3ccccc23)cc1O. The number of halogens is 1. The number of benzene rings is 3. The van der Waals surface area contributed by atoms with Crippen molar-refractivity contribution in [2.24, 2.45) is 0 Å². The van der Waals surface area contributed by atoms with E-state index in [1.165, 1.54) is 24.3 Å². The minimum absolute atomic E-state index is 0.183. The van der Waals surface area contributed by atoms with Crippen LogP contribution in [0.5, 0.6) is 11.5 Å². The van der Waals surface area contributed by atoms with Crippen molar-refractivity contribution in [3.05, 3.63) is 89.9 Å². The monoisotopic (exact) mass is 348 g/mol. The second-order valence-corrected chi connectivity index (χ2v) is 6.13. The number of aromatic amines is 1. The van der Waals surface area contributed by atoms with Gasteiger partial charge in [-0.1, -0.05) is 30.3 Å². The molecule has 0 saturated heterocycles. The van der Waals surface area contributed by atoms with Crippen LogP contribution in [0.3, 0.4) is 0 Å². The fourth-order valence-electron chi connectivity index (χ4n) is 3.14. The summed E-state index contributed by atoms with van der Waals surface area (Å²) in [5.41, 5.74) is 3.30. The maximum atomic E-state index is 13.6. The lowest BCUT2D eigenvalue weighted by molar-refractivity contribution is 0.403. The van der Waals surface area contributed by atoms with Gasteiger partial charge in [0.05, 0.1) is 6.04 Å². The van der Waals surface area contributed by atoms with Crippen LogP contribution in [0.25, 0.3) is 10.9 Å². The molecule has 5 heteroatoms. The van der Waals surface area contributed by atoms with Crippen molar-refractivity contribution in [1.29, 1.82) is 0 Å². The number of fused-ring (bicyclic) bond motifs is 1. The van der Waals surface area contributed by atoms with Gasteiger partial charge in [0, 0.05) is 28.4 Å². The maximum Gasteiger partial charge on any atom is 0.157 e. The normalized spacial score (nSPS) is 12.2. The third kappa shape index (κ3) is 2.95. The molecule has 0 aliphatic heterocycles. The Hall–Kier alpha value is -3.47. The lowest BCUT2D eigenvalue weighted by Gasteiger charge is -2.21. The molecular formula is C21H17FN2O2. The van der Waals surface area contributed by atoms with Crippen molar-refractivity contribution in [1.82, 2.24) is 4.98 Å². The Labute approximate surface area is 149 Å². The van der Waals surface area contributed by atoms with E-state index in [9.17, 15) is 14.6 Å². The highest BCUT2D eigenvalue weighted by molar-refractivity contribution is 5.84. The molecule has 26 heavy (non-hydrogen) atoms. The Bertz CT molecular complexity index is 1070. The van der Waals surface area contributed by atoms with Crippen molar-refractivity contribution in [3.63, 3.8) is 0 Å². The van der Waals surface area contributed by atoms with Gasteiger partial charge in [0.15, 0.2) is 11.5 Å². The largest absolute Gasteiger partial charge is 0.504 e. The third-order valence-electron chi connectivity index (χ3n) is 4.40. The number of rotatable bonds is 4. The average Bonchev–Trinajstić information content (AvgIpc) is 3.06. The molecule has 1 atom stereocenters. The van der Waals surface area contributed by atoms with E-state index in [1.807, 2.05) is 30.5 Å². The first-order valence-electron chi connectivity index (χ1n) is 8.22. The predicted octanol–water partition coefficient (Wildman–Crippen LogP) is 4.92. The van der Waals surface area contributed by atoms with Gasteiger partial charge in [-0.05, 0) is 42.0 Å². The van der Waals surface area contributed by atoms with E-state index in [1.54, 1.807) is 18.2 Å². The highest BCUT2D eigenvalue weighted by Gasteiger charge is 2.19. The lowest BCUT2D eigenvalue weighted by Crippen LogP contribution is -2.12. The second-order valence-electron chi connectivity index (χ2n) is 6.13. The van der Waals surface area contributed by atoms with Crippen LogP contribution in [0.2, 0.25) is 0 Å². The van der Waals surface area contributed by atoms with Gasteiger partial charge in [-0.2, -0.15) is 0 Å². The first-order valence-corrected chi connectivity index (χ1v) is 8.22. The summed E-state index contributed by atoms with van der Waals surface area (Å²) in [4.78, 5) is 3.24. The minimum Gasteiger partial charge on any atom is -0.504 e.